The van der Waals surface area contributed by atoms with E-state index < -0.39 is 54.7 Å². The number of urea groups is 1. The zero-order chi connectivity index (χ0) is 20.0. The van der Waals surface area contributed by atoms with Crippen molar-refractivity contribution < 1.29 is 29.7 Å². The average Bonchev–Trinajstić information content (AvgIpc) is 3.05. The number of amides is 3. The van der Waals surface area contributed by atoms with Gasteiger partial charge in [0, 0.05) is 0 Å². The molecule has 12 nitrogen and oxygen atoms in total. The molecule has 1 aromatic rings. The van der Waals surface area contributed by atoms with Gasteiger partial charge >= 0.3 is 12.0 Å². The lowest BCUT2D eigenvalue weighted by Gasteiger charge is -2.21. The highest BCUT2D eigenvalue weighted by Gasteiger charge is 2.31. The quantitative estimate of drug-likeness (QED) is 0.244. The summed E-state index contributed by atoms with van der Waals surface area (Å²) >= 11 is 0.980. The van der Waals surface area contributed by atoms with E-state index in [2.05, 4.69) is 20.8 Å². The van der Waals surface area contributed by atoms with Crippen LogP contribution in [0.15, 0.2) is 0 Å². The second-order valence-electron chi connectivity index (χ2n) is 5.60. The highest BCUT2D eigenvalue weighted by Crippen LogP contribution is 2.23. The van der Waals surface area contributed by atoms with Crippen LogP contribution < -0.4 is 22.1 Å². The van der Waals surface area contributed by atoms with Gasteiger partial charge in [0.1, 0.15) is 22.1 Å². The Morgan fingerprint density at radius 3 is 2.23 bits per heavy atom. The number of hydrogen-bond acceptors (Lipinski definition) is 9. The molecule has 9 N–H and O–H groups in total. The summed E-state index contributed by atoms with van der Waals surface area (Å²) in [5.74, 6) is -3.48. The first-order chi connectivity index (χ1) is 12.1. The number of aliphatic carboxylic acids is 1. The maximum absolute atomic E-state index is 12.0. The number of carbonyl (C=O) groups excluding carboxylic acids is 2. The van der Waals surface area contributed by atoms with Gasteiger partial charge in [-0.2, -0.15) is 0 Å². The van der Waals surface area contributed by atoms with Crippen molar-refractivity contribution >= 4 is 29.2 Å². The van der Waals surface area contributed by atoms with Crippen molar-refractivity contribution in [2.75, 3.05) is 6.61 Å². The number of carboxylic acids is 1. The van der Waals surface area contributed by atoms with Crippen molar-refractivity contribution in [2.24, 2.45) is 17.4 Å². The fourth-order valence-corrected chi connectivity index (χ4v) is 2.81. The molecule has 1 unspecified atom stereocenters. The zero-order valence-electron chi connectivity index (χ0n) is 14.1. The molecule has 0 saturated heterocycles. The Balaban J connectivity index is 2.82. The molecule has 0 radical (unpaired) electrons. The van der Waals surface area contributed by atoms with Crippen LogP contribution in [-0.4, -0.2) is 62.2 Å². The van der Waals surface area contributed by atoms with E-state index in [9.17, 15) is 24.6 Å². The Morgan fingerprint density at radius 1 is 1.19 bits per heavy atom. The monoisotopic (exact) mass is 390 g/mol. The number of nitrogens with one attached hydrogen (secondary N) is 2. The molecule has 0 fully saturated rings. The second kappa shape index (κ2) is 9.38. The minimum atomic E-state index is -1.54. The Hall–Kier alpha value is -2.35. The number of aromatic nitrogens is 2. The fourth-order valence-electron chi connectivity index (χ4n) is 1.82. The highest BCUT2D eigenvalue weighted by molar-refractivity contribution is 7.11. The third-order valence-corrected chi connectivity index (χ3v) is 4.69. The van der Waals surface area contributed by atoms with Crippen LogP contribution >= 0.6 is 11.3 Å². The molecule has 26 heavy (non-hydrogen) atoms. The van der Waals surface area contributed by atoms with E-state index in [0.717, 1.165) is 11.3 Å². The molecule has 0 aliphatic rings. The number of nitrogens with zero attached hydrogens (tertiary/aromatic N) is 2. The topological polar surface area (TPSA) is 214 Å². The van der Waals surface area contributed by atoms with E-state index in [1.165, 1.54) is 13.8 Å². The number of aliphatic hydroxyl groups is 2. The highest BCUT2D eigenvalue weighted by atomic mass is 32.1. The van der Waals surface area contributed by atoms with Gasteiger partial charge in [0.05, 0.1) is 24.7 Å². The normalized spacial score (nSPS) is 16.8. The summed E-state index contributed by atoms with van der Waals surface area (Å²) in [4.78, 5) is 34.4. The Labute approximate surface area is 152 Å². The second-order valence-corrected chi connectivity index (χ2v) is 6.65. The summed E-state index contributed by atoms with van der Waals surface area (Å²) in [6, 6.07) is -4.25. The first-order valence-electron chi connectivity index (χ1n) is 7.55. The Kier molecular flexibility index (Phi) is 7.82. The Morgan fingerprint density at radius 2 is 1.77 bits per heavy atom. The molecule has 1 aromatic heterocycles. The molecule has 1 rings (SSSR count). The molecule has 3 amide bonds. The molecule has 1 heterocycles. The van der Waals surface area contributed by atoms with Crippen molar-refractivity contribution in [3.05, 3.63) is 10.0 Å². The van der Waals surface area contributed by atoms with Gasteiger partial charge < -0.3 is 37.4 Å². The van der Waals surface area contributed by atoms with E-state index in [4.69, 9.17) is 16.6 Å². The molecular weight excluding hydrogens is 368 g/mol. The standard InChI is InChI=1S/C13H22N6O6S/c1-4(9(15)22)8(12(23)24)17-13(25)16-6(3-20)10-18-19-11(26-10)7(14)5(2)21/h4-8,20-21H,3,14H2,1-2H3,(H2,15,22)(H,23,24)(H2,16,17,25)/t4-,5?,6+,7+,8+/m1/s1. The number of aliphatic hydroxyl groups excluding tert-OH is 2. The van der Waals surface area contributed by atoms with Crippen LogP contribution in [0.1, 0.15) is 35.9 Å². The molecule has 5 atom stereocenters. The van der Waals surface area contributed by atoms with Crippen LogP contribution in [0.25, 0.3) is 0 Å². The summed E-state index contributed by atoms with van der Waals surface area (Å²) in [5, 5.41) is 40.6. The summed E-state index contributed by atoms with van der Waals surface area (Å²) in [5.41, 5.74) is 10.8. The van der Waals surface area contributed by atoms with E-state index in [1.807, 2.05) is 0 Å². The number of carboxylic acid groups (broad SMARTS) is 1. The van der Waals surface area contributed by atoms with Gasteiger partial charge in [0.15, 0.2) is 0 Å². The fraction of sp³-hybridized carbons (Fsp3) is 0.615. The number of hydrogen-bond donors (Lipinski definition) is 7. The van der Waals surface area contributed by atoms with E-state index in [1.54, 1.807) is 0 Å². The third-order valence-electron chi connectivity index (χ3n) is 3.55. The zero-order valence-corrected chi connectivity index (χ0v) is 14.9. The molecule has 0 bridgehead atoms. The molecule has 0 saturated carbocycles. The van der Waals surface area contributed by atoms with Crippen LogP contribution in [0.2, 0.25) is 0 Å². The van der Waals surface area contributed by atoms with Gasteiger partial charge in [0.25, 0.3) is 0 Å². The Bertz CT molecular complexity index is 653. The third kappa shape index (κ3) is 5.59. The number of nitrogens with two attached hydrogens (primary N) is 2. The largest absolute Gasteiger partial charge is 0.480 e. The minimum Gasteiger partial charge on any atom is -0.480 e. The summed E-state index contributed by atoms with van der Waals surface area (Å²) in [6.07, 6.45) is -0.869. The van der Waals surface area contributed by atoms with Gasteiger partial charge in [0.2, 0.25) is 5.91 Å². The van der Waals surface area contributed by atoms with Crippen molar-refractivity contribution in [1.82, 2.24) is 20.8 Å². The summed E-state index contributed by atoms with van der Waals surface area (Å²) in [7, 11) is 0. The number of carbonyl (C=O) groups is 3. The molecule has 0 aliphatic heterocycles. The van der Waals surface area contributed by atoms with Gasteiger partial charge in [-0.15, -0.1) is 10.2 Å². The van der Waals surface area contributed by atoms with Crippen molar-refractivity contribution in [3.63, 3.8) is 0 Å². The maximum Gasteiger partial charge on any atom is 0.327 e. The molecule has 13 heteroatoms. The van der Waals surface area contributed by atoms with Crippen LogP contribution in [-0.2, 0) is 9.59 Å². The first kappa shape index (κ1) is 21.7. The molecule has 146 valence electrons. The predicted molar refractivity (Wildman–Crippen MR) is 89.8 cm³/mol. The lowest BCUT2D eigenvalue weighted by atomic mass is 10.0. The van der Waals surface area contributed by atoms with E-state index in [0.29, 0.717) is 5.01 Å². The van der Waals surface area contributed by atoms with Gasteiger partial charge in [-0.25, -0.2) is 9.59 Å². The predicted octanol–water partition coefficient (Wildman–Crippen LogP) is -2.17. The molecular formula is C13H22N6O6S. The lowest BCUT2D eigenvalue weighted by Crippen LogP contribution is -2.52. The number of primary amides is 1. The van der Waals surface area contributed by atoms with Crippen molar-refractivity contribution in [2.45, 2.75) is 38.1 Å². The molecule has 0 aromatic carbocycles. The summed E-state index contributed by atoms with van der Waals surface area (Å²) < 4.78 is 0. The number of rotatable bonds is 9. The van der Waals surface area contributed by atoms with E-state index in [-0.39, 0.29) is 5.01 Å². The van der Waals surface area contributed by atoms with Gasteiger partial charge in [-0.3, -0.25) is 4.79 Å². The lowest BCUT2D eigenvalue weighted by molar-refractivity contribution is -0.143. The van der Waals surface area contributed by atoms with Crippen molar-refractivity contribution in [1.29, 1.82) is 0 Å². The van der Waals surface area contributed by atoms with Gasteiger partial charge in [-0.05, 0) is 6.92 Å². The van der Waals surface area contributed by atoms with Crippen LogP contribution in [0, 0.1) is 5.92 Å². The maximum atomic E-state index is 12.0. The molecule has 0 spiro atoms. The minimum absolute atomic E-state index is 0.212. The van der Waals surface area contributed by atoms with Gasteiger partial charge in [-0.1, -0.05) is 18.3 Å². The van der Waals surface area contributed by atoms with Crippen molar-refractivity contribution in [3.8, 4) is 0 Å². The van der Waals surface area contributed by atoms with Crippen LogP contribution in [0.5, 0.6) is 0 Å². The smallest absolute Gasteiger partial charge is 0.327 e. The summed E-state index contributed by atoms with van der Waals surface area (Å²) in [6.45, 7) is 2.20. The van der Waals surface area contributed by atoms with Crippen LogP contribution in [0.4, 0.5) is 4.79 Å². The average molecular weight is 390 g/mol. The van der Waals surface area contributed by atoms with E-state index >= 15 is 0 Å². The van der Waals surface area contributed by atoms with Crippen LogP contribution in [0.3, 0.4) is 0 Å². The SMILES string of the molecule is CC(O)[C@H](N)c1nnc([C@H](CO)NC(=O)N[C@H](C(=O)O)[C@@H](C)C(N)=O)s1. The first-order valence-corrected chi connectivity index (χ1v) is 8.37. The molecule has 0 aliphatic carbocycles.